The fourth-order valence-electron chi connectivity index (χ4n) is 3.60. The van der Waals surface area contributed by atoms with Gasteiger partial charge in [-0.3, -0.25) is 0 Å². The minimum atomic E-state index is 0.0756. The lowest BCUT2D eigenvalue weighted by Gasteiger charge is -2.30. The van der Waals surface area contributed by atoms with Gasteiger partial charge < -0.3 is 5.11 Å². The summed E-state index contributed by atoms with van der Waals surface area (Å²) in [5.41, 5.74) is 7.80. The first-order valence-electron chi connectivity index (χ1n) is 9.61. The second-order valence-electron chi connectivity index (χ2n) is 9.35. The monoisotopic (exact) mass is 358 g/mol. The van der Waals surface area contributed by atoms with Gasteiger partial charge in [0, 0.05) is 0 Å². The Balaban J connectivity index is 2.14. The van der Waals surface area contributed by atoms with Crippen molar-refractivity contribution in [3.8, 4) is 28.0 Å². The average molecular weight is 359 g/mol. The molecule has 0 saturated carbocycles. The molecule has 0 radical (unpaired) electrons. The molecule has 3 rings (SSSR count). The Hall–Kier alpha value is -2.54. The molecule has 1 heteroatoms. The number of hydrogen-bond donors (Lipinski definition) is 1. The van der Waals surface area contributed by atoms with Crippen LogP contribution >= 0.6 is 0 Å². The van der Waals surface area contributed by atoms with Crippen molar-refractivity contribution in [3.05, 3.63) is 77.9 Å². The molecule has 0 unspecified atom stereocenters. The summed E-state index contributed by atoms with van der Waals surface area (Å²) in [6.07, 6.45) is 0. The zero-order valence-electron chi connectivity index (χ0n) is 17.3. The molecule has 0 spiro atoms. The van der Waals surface area contributed by atoms with Gasteiger partial charge in [-0.2, -0.15) is 0 Å². The van der Waals surface area contributed by atoms with Gasteiger partial charge in [-0.25, -0.2) is 0 Å². The van der Waals surface area contributed by atoms with Crippen molar-refractivity contribution in [1.82, 2.24) is 0 Å². The number of benzene rings is 3. The highest BCUT2D eigenvalue weighted by molar-refractivity contribution is 5.76. The van der Waals surface area contributed by atoms with Crippen molar-refractivity contribution in [2.75, 3.05) is 0 Å². The Morgan fingerprint density at radius 2 is 0.889 bits per heavy atom. The topological polar surface area (TPSA) is 20.2 Å². The van der Waals surface area contributed by atoms with E-state index in [-0.39, 0.29) is 10.8 Å². The zero-order valence-corrected chi connectivity index (χ0v) is 17.3. The lowest BCUT2D eigenvalue weighted by Crippen LogP contribution is -2.19. The number of rotatable bonds is 2. The van der Waals surface area contributed by atoms with E-state index in [2.05, 4.69) is 84.0 Å². The largest absolute Gasteiger partial charge is 0.508 e. The SMILES string of the molecule is CC(C)(C)c1cccc(C(C)(C)C)c1-c1ccc(-c2ccc(O)cc2)cc1. The Labute approximate surface area is 163 Å². The molecule has 0 atom stereocenters. The van der Waals surface area contributed by atoms with E-state index in [0.29, 0.717) is 5.75 Å². The highest BCUT2D eigenvalue weighted by atomic mass is 16.3. The molecule has 3 aromatic rings. The van der Waals surface area contributed by atoms with Gasteiger partial charge in [0.15, 0.2) is 0 Å². The van der Waals surface area contributed by atoms with Crippen LogP contribution in [0.25, 0.3) is 22.3 Å². The highest BCUT2D eigenvalue weighted by Crippen LogP contribution is 2.40. The molecule has 0 aliphatic carbocycles. The number of hydrogen-bond acceptors (Lipinski definition) is 1. The summed E-state index contributed by atoms with van der Waals surface area (Å²) >= 11 is 0. The Bertz CT molecular complexity index is 886. The van der Waals surface area contributed by atoms with E-state index in [4.69, 9.17) is 0 Å². The summed E-state index contributed by atoms with van der Waals surface area (Å²) in [5, 5.41) is 9.51. The maximum Gasteiger partial charge on any atom is 0.115 e. The standard InChI is InChI=1S/C26H30O/c1-25(2,3)22-8-7-9-23(26(4,5)6)24(22)20-12-10-18(11-13-20)19-14-16-21(27)17-15-19/h7-17,27H,1-6H3. The van der Waals surface area contributed by atoms with Crippen molar-refractivity contribution in [2.45, 2.75) is 52.4 Å². The Morgan fingerprint density at radius 3 is 1.30 bits per heavy atom. The van der Waals surface area contributed by atoms with Gasteiger partial charge in [0.25, 0.3) is 0 Å². The molecular formula is C26H30O. The molecule has 0 amide bonds. The van der Waals surface area contributed by atoms with E-state index >= 15 is 0 Å². The van der Waals surface area contributed by atoms with Crippen LogP contribution in [0, 0.1) is 0 Å². The van der Waals surface area contributed by atoms with Gasteiger partial charge in [-0.05, 0) is 56.3 Å². The van der Waals surface area contributed by atoms with Crippen molar-refractivity contribution in [1.29, 1.82) is 0 Å². The third-order valence-electron chi connectivity index (χ3n) is 5.05. The van der Waals surface area contributed by atoms with Crippen LogP contribution in [0.5, 0.6) is 5.75 Å². The molecule has 1 N–H and O–H groups in total. The maximum atomic E-state index is 9.51. The molecule has 1 nitrogen and oxygen atoms in total. The number of phenols is 1. The highest BCUT2D eigenvalue weighted by Gasteiger charge is 2.25. The predicted octanol–water partition coefficient (Wildman–Crippen LogP) is 7.32. The third-order valence-corrected chi connectivity index (χ3v) is 5.05. The fraction of sp³-hybridized carbons (Fsp3) is 0.308. The first-order chi connectivity index (χ1) is 12.6. The molecule has 0 fully saturated rings. The lowest BCUT2D eigenvalue weighted by molar-refractivity contribution is 0.475. The molecule has 0 bridgehead atoms. The normalized spacial score (nSPS) is 12.2. The second kappa shape index (κ2) is 6.88. The Morgan fingerprint density at radius 1 is 0.519 bits per heavy atom. The molecule has 0 saturated heterocycles. The smallest absolute Gasteiger partial charge is 0.115 e. The van der Waals surface area contributed by atoms with E-state index < -0.39 is 0 Å². The molecule has 0 aromatic heterocycles. The van der Waals surface area contributed by atoms with Gasteiger partial charge in [-0.15, -0.1) is 0 Å². The van der Waals surface area contributed by atoms with Crippen molar-refractivity contribution >= 4 is 0 Å². The first-order valence-corrected chi connectivity index (χ1v) is 9.61. The lowest BCUT2D eigenvalue weighted by atomic mass is 9.74. The summed E-state index contributed by atoms with van der Waals surface area (Å²) in [7, 11) is 0. The van der Waals surface area contributed by atoms with Gasteiger partial charge in [0.2, 0.25) is 0 Å². The van der Waals surface area contributed by atoms with Crippen LogP contribution in [0.1, 0.15) is 52.7 Å². The third kappa shape index (κ3) is 4.08. The Kier molecular flexibility index (Phi) is 4.90. The van der Waals surface area contributed by atoms with E-state index in [9.17, 15) is 5.11 Å². The molecule has 27 heavy (non-hydrogen) atoms. The zero-order chi connectivity index (χ0) is 19.8. The summed E-state index contributed by atoms with van der Waals surface area (Å²) in [5.74, 6) is 0.296. The van der Waals surface area contributed by atoms with Crippen LogP contribution in [-0.4, -0.2) is 5.11 Å². The molecule has 0 aliphatic heterocycles. The predicted molar refractivity (Wildman–Crippen MR) is 116 cm³/mol. The second-order valence-corrected chi connectivity index (χ2v) is 9.35. The summed E-state index contributed by atoms with van der Waals surface area (Å²) in [6, 6.07) is 22.9. The van der Waals surface area contributed by atoms with E-state index in [1.807, 2.05) is 12.1 Å². The van der Waals surface area contributed by atoms with Gasteiger partial charge in [0.05, 0.1) is 0 Å². The van der Waals surface area contributed by atoms with Crippen molar-refractivity contribution in [2.24, 2.45) is 0 Å². The number of aromatic hydroxyl groups is 1. The van der Waals surface area contributed by atoms with Crippen LogP contribution in [0.15, 0.2) is 66.7 Å². The quantitative estimate of drug-likeness (QED) is 0.509. The minimum absolute atomic E-state index is 0.0756. The van der Waals surface area contributed by atoms with Crippen LogP contribution in [0.4, 0.5) is 0 Å². The minimum Gasteiger partial charge on any atom is -0.508 e. The molecule has 3 aromatic carbocycles. The van der Waals surface area contributed by atoms with Crippen LogP contribution in [0.3, 0.4) is 0 Å². The van der Waals surface area contributed by atoms with E-state index in [0.717, 1.165) is 11.1 Å². The average Bonchev–Trinajstić information content (AvgIpc) is 2.60. The summed E-state index contributed by atoms with van der Waals surface area (Å²) in [6.45, 7) is 13.7. The fourth-order valence-corrected chi connectivity index (χ4v) is 3.60. The first kappa shape index (κ1) is 19.2. The van der Waals surface area contributed by atoms with Crippen molar-refractivity contribution in [3.63, 3.8) is 0 Å². The van der Waals surface area contributed by atoms with Gasteiger partial charge in [-0.1, -0.05) is 96.1 Å². The van der Waals surface area contributed by atoms with Crippen LogP contribution in [0.2, 0.25) is 0 Å². The molecule has 0 heterocycles. The van der Waals surface area contributed by atoms with Crippen molar-refractivity contribution < 1.29 is 5.11 Å². The van der Waals surface area contributed by atoms with Gasteiger partial charge >= 0.3 is 0 Å². The molecule has 0 aliphatic rings. The van der Waals surface area contributed by atoms with E-state index in [1.165, 1.54) is 22.3 Å². The maximum absolute atomic E-state index is 9.51. The number of phenolic OH excluding ortho intramolecular Hbond substituents is 1. The van der Waals surface area contributed by atoms with Crippen LogP contribution in [-0.2, 0) is 10.8 Å². The molecule has 140 valence electrons. The summed E-state index contributed by atoms with van der Waals surface area (Å²) < 4.78 is 0. The summed E-state index contributed by atoms with van der Waals surface area (Å²) in [4.78, 5) is 0. The molecular weight excluding hydrogens is 328 g/mol. The van der Waals surface area contributed by atoms with Gasteiger partial charge in [0.1, 0.15) is 5.75 Å². The van der Waals surface area contributed by atoms with E-state index in [1.54, 1.807) is 12.1 Å². The van der Waals surface area contributed by atoms with Crippen LogP contribution < -0.4 is 0 Å².